The van der Waals surface area contributed by atoms with Crippen LogP contribution in [0, 0.1) is 17.2 Å². The zero-order valence-corrected chi connectivity index (χ0v) is 14.2. The quantitative estimate of drug-likeness (QED) is 0.759. The highest BCUT2D eigenvalue weighted by Crippen LogP contribution is 2.28. The van der Waals surface area contributed by atoms with E-state index in [1.807, 2.05) is 19.9 Å². The molecule has 0 atom stereocenters. The van der Waals surface area contributed by atoms with Gasteiger partial charge in [-0.3, -0.25) is 10.1 Å². The summed E-state index contributed by atoms with van der Waals surface area (Å²) in [5, 5.41) is 13.7. The van der Waals surface area contributed by atoms with E-state index in [0.717, 1.165) is 6.42 Å². The maximum atomic E-state index is 11.7. The molecule has 0 spiro atoms. The molecule has 130 valence electrons. The molecule has 7 heteroatoms. The van der Waals surface area contributed by atoms with Gasteiger partial charge in [-0.1, -0.05) is 13.8 Å². The highest BCUT2D eigenvalue weighted by Gasteiger charge is 2.11. The van der Waals surface area contributed by atoms with E-state index in [9.17, 15) is 9.59 Å². The maximum Gasteiger partial charge on any atom is 0.321 e. The normalized spacial score (nSPS) is 9.96. The molecule has 1 aromatic rings. The van der Waals surface area contributed by atoms with Crippen LogP contribution in [-0.4, -0.2) is 31.7 Å². The van der Waals surface area contributed by atoms with Crippen molar-refractivity contribution in [2.75, 3.05) is 19.8 Å². The minimum Gasteiger partial charge on any atom is -0.490 e. The number of hydrogen-bond acceptors (Lipinski definition) is 5. The van der Waals surface area contributed by atoms with E-state index in [2.05, 4.69) is 10.6 Å². The van der Waals surface area contributed by atoms with Crippen LogP contribution in [0.1, 0.15) is 32.8 Å². The van der Waals surface area contributed by atoms with Crippen molar-refractivity contribution in [3.05, 3.63) is 23.8 Å². The van der Waals surface area contributed by atoms with Crippen molar-refractivity contribution in [3.63, 3.8) is 0 Å². The molecule has 1 aromatic carbocycles. The van der Waals surface area contributed by atoms with Crippen LogP contribution in [-0.2, 0) is 4.79 Å². The molecule has 3 amide bonds. The zero-order valence-electron chi connectivity index (χ0n) is 14.2. The molecule has 24 heavy (non-hydrogen) atoms. The number of carbonyl (C=O) groups excluding carboxylic acids is 2. The van der Waals surface area contributed by atoms with Crippen molar-refractivity contribution < 1.29 is 19.1 Å². The maximum absolute atomic E-state index is 11.7. The lowest BCUT2D eigenvalue weighted by Crippen LogP contribution is -2.42. The number of carbonyl (C=O) groups is 2. The Morgan fingerprint density at radius 1 is 1.25 bits per heavy atom. The Kier molecular flexibility index (Phi) is 8.13. The second kappa shape index (κ2) is 10.1. The lowest BCUT2D eigenvalue weighted by molar-refractivity contribution is -0.122. The van der Waals surface area contributed by atoms with Crippen molar-refractivity contribution in [2.24, 2.45) is 5.92 Å². The SMILES string of the molecule is CCOc1cc(C#N)ccc1OCC(=O)NC(=O)NCCC(C)C. The summed E-state index contributed by atoms with van der Waals surface area (Å²) in [7, 11) is 0. The number of imide groups is 1. The van der Waals surface area contributed by atoms with Crippen molar-refractivity contribution >= 4 is 11.9 Å². The number of benzene rings is 1. The predicted molar refractivity (Wildman–Crippen MR) is 88.8 cm³/mol. The van der Waals surface area contributed by atoms with Gasteiger partial charge in [-0.05, 0) is 31.4 Å². The molecule has 0 fully saturated rings. The topological polar surface area (TPSA) is 100 Å². The standard InChI is InChI=1S/C17H23N3O4/c1-4-23-15-9-13(10-18)5-6-14(15)24-11-16(21)20-17(22)19-8-7-12(2)3/h5-6,9,12H,4,7-8,11H2,1-3H3,(H2,19,20,21,22). The molecule has 0 aliphatic carbocycles. The van der Waals surface area contributed by atoms with Gasteiger partial charge in [0, 0.05) is 12.6 Å². The largest absolute Gasteiger partial charge is 0.490 e. The van der Waals surface area contributed by atoms with Gasteiger partial charge in [0.15, 0.2) is 18.1 Å². The summed E-state index contributed by atoms with van der Waals surface area (Å²) >= 11 is 0. The number of nitrogens with one attached hydrogen (secondary N) is 2. The van der Waals surface area contributed by atoms with Gasteiger partial charge in [0.1, 0.15) is 0 Å². The highest BCUT2D eigenvalue weighted by molar-refractivity contribution is 5.95. The molecule has 0 saturated heterocycles. The fraction of sp³-hybridized carbons (Fsp3) is 0.471. The van der Waals surface area contributed by atoms with Gasteiger partial charge in [0.05, 0.1) is 18.2 Å². The van der Waals surface area contributed by atoms with E-state index < -0.39 is 11.9 Å². The average molecular weight is 333 g/mol. The lowest BCUT2D eigenvalue weighted by Gasteiger charge is -2.12. The summed E-state index contributed by atoms with van der Waals surface area (Å²) in [5.41, 5.74) is 0.430. The molecule has 0 aliphatic heterocycles. The number of nitrogens with zero attached hydrogens (tertiary/aromatic N) is 1. The van der Waals surface area contributed by atoms with E-state index in [4.69, 9.17) is 14.7 Å². The fourth-order valence-corrected chi connectivity index (χ4v) is 1.79. The molecule has 0 unspecified atom stereocenters. The molecule has 0 aromatic heterocycles. The van der Waals surface area contributed by atoms with Gasteiger partial charge in [0.25, 0.3) is 5.91 Å². The summed E-state index contributed by atoms with van der Waals surface area (Å²) in [6, 6.07) is 6.11. The first-order valence-electron chi connectivity index (χ1n) is 7.83. The molecular weight excluding hydrogens is 310 g/mol. The Morgan fingerprint density at radius 2 is 2.00 bits per heavy atom. The van der Waals surface area contributed by atoms with Crippen LogP contribution in [0.5, 0.6) is 11.5 Å². The van der Waals surface area contributed by atoms with Crippen LogP contribution in [0.4, 0.5) is 4.79 Å². The van der Waals surface area contributed by atoms with Gasteiger partial charge >= 0.3 is 6.03 Å². The third kappa shape index (κ3) is 7.01. The van der Waals surface area contributed by atoms with E-state index in [1.165, 1.54) is 6.07 Å². The molecular formula is C17H23N3O4. The van der Waals surface area contributed by atoms with Gasteiger partial charge in [-0.2, -0.15) is 5.26 Å². The van der Waals surface area contributed by atoms with Crippen LogP contribution in [0.3, 0.4) is 0 Å². The molecule has 0 heterocycles. The fourth-order valence-electron chi connectivity index (χ4n) is 1.79. The second-order valence-electron chi connectivity index (χ2n) is 5.48. The summed E-state index contributed by atoms with van der Waals surface area (Å²) in [6.07, 6.45) is 0.834. The molecule has 0 bridgehead atoms. The van der Waals surface area contributed by atoms with Crippen molar-refractivity contribution in [2.45, 2.75) is 27.2 Å². The average Bonchev–Trinajstić information content (AvgIpc) is 2.53. The monoisotopic (exact) mass is 333 g/mol. The van der Waals surface area contributed by atoms with E-state index in [-0.39, 0.29) is 6.61 Å². The van der Waals surface area contributed by atoms with E-state index in [0.29, 0.717) is 36.1 Å². The van der Waals surface area contributed by atoms with Crippen molar-refractivity contribution in [1.82, 2.24) is 10.6 Å². The second-order valence-corrected chi connectivity index (χ2v) is 5.48. The molecule has 0 aliphatic rings. The number of rotatable bonds is 8. The van der Waals surface area contributed by atoms with Crippen molar-refractivity contribution in [3.8, 4) is 17.6 Å². The third-order valence-corrected chi connectivity index (χ3v) is 2.99. The number of urea groups is 1. The minimum absolute atomic E-state index is 0.330. The predicted octanol–water partition coefficient (Wildman–Crippen LogP) is 2.21. The van der Waals surface area contributed by atoms with Crippen LogP contribution in [0.25, 0.3) is 0 Å². The first-order chi connectivity index (χ1) is 11.5. The lowest BCUT2D eigenvalue weighted by atomic mass is 10.1. The summed E-state index contributed by atoms with van der Waals surface area (Å²) in [5.74, 6) is 0.624. The Balaban J connectivity index is 2.49. The summed E-state index contributed by atoms with van der Waals surface area (Å²) < 4.78 is 10.7. The Labute approximate surface area is 141 Å². The zero-order chi connectivity index (χ0) is 17.9. The molecule has 1 rings (SSSR count). The first-order valence-corrected chi connectivity index (χ1v) is 7.83. The molecule has 7 nitrogen and oxygen atoms in total. The van der Waals surface area contributed by atoms with Crippen LogP contribution in [0.2, 0.25) is 0 Å². The summed E-state index contributed by atoms with van der Waals surface area (Å²) in [4.78, 5) is 23.3. The van der Waals surface area contributed by atoms with Gasteiger partial charge in [0.2, 0.25) is 0 Å². The number of amides is 3. The molecule has 2 N–H and O–H groups in total. The minimum atomic E-state index is -0.566. The van der Waals surface area contributed by atoms with Gasteiger partial charge in [-0.25, -0.2) is 4.79 Å². The number of ether oxygens (including phenoxy) is 2. The van der Waals surface area contributed by atoms with Gasteiger partial charge in [-0.15, -0.1) is 0 Å². The Bertz CT molecular complexity index is 608. The highest BCUT2D eigenvalue weighted by atomic mass is 16.5. The number of nitriles is 1. The Hall–Kier alpha value is -2.75. The Morgan fingerprint density at radius 3 is 2.62 bits per heavy atom. The smallest absolute Gasteiger partial charge is 0.321 e. The van der Waals surface area contributed by atoms with Crippen molar-refractivity contribution in [1.29, 1.82) is 5.26 Å². The van der Waals surface area contributed by atoms with E-state index >= 15 is 0 Å². The summed E-state index contributed by atoms with van der Waals surface area (Å²) in [6.45, 7) is 6.47. The third-order valence-electron chi connectivity index (χ3n) is 2.99. The van der Waals surface area contributed by atoms with Gasteiger partial charge < -0.3 is 14.8 Å². The van der Waals surface area contributed by atoms with E-state index in [1.54, 1.807) is 19.1 Å². The molecule has 0 radical (unpaired) electrons. The molecule has 0 saturated carbocycles. The van der Waals surface area contributed by atoms with Crippen LogP contribution < -0.4 is 20.1 Å². The first kappa shape index (κ1) is 19.3. The van der Waals surface area contributed by atoms with Crippen LogP contribution >= 0.6 is 0 Å². The number of hydrogen-bond donors (Lipinski definition) is 2. The van der Waals surface area contributed by atoms with Crippen LogP contribution in [0.15, 0.2) is 18.2 Å².